The number of rotatable bonds is 7. The zero-order chi connectivity index (χ0) is 7.66. The Kier molecular flexibility index (Phi) is 9.36. The van der Waals surface area contributed by atoms with Crippen molar-refractivity contribution >= 4 is 8.69 Å². The molecule has 0 radical (unpaired) electrons. The van der Waals surface area contributed by atoms with Gasteiger partial charge >= 0.3 is 0 Å². The van der Waals surface area contributed by atoms with Gasteiger partial charge in [0.25, 0.3) is 0 Å². The van der Waals surface area contributed by atoms with Crippen molar-refractivity contribution in [2.24, 2.45) is 0 Å². The average molecular weight is 164 g/mol. The summed E-state index contributed by atoms with van der Waals surface area (Å²) in [4.78, 5) is 0. The summed E-state index contributed by atoms with van der Waals surface area (Å²) >= 11 is 0. The fourth-order valence-electron chi connectivity index (χ4n) is 0.837. The van der Waals surface area contributed by atoms with E-state index in [-0.39, 0.29) is 0 Å². The molecule has 0 fully saturated rings. The lowest BCUT2D eigenvalue weighted by molar-refractivity contribution is 0.328. The van der Waals surface area contributed by atoms with Crippen molar-refractivity contribution in [1.29, 1.82) is 0 Å². The molecule has 1 unspecified atom stereocenters. The standard InChI is InChI=1S/C7H17O2P/c1-2-3-4-5-6-7-9-10-8/h2-7,10H2,1H3. The van der Waals surface area contributed by atoms with Crippen molar-refractivity contribution in [3.8, 4) is 0 Å². The lowest BCUT2D eigenvalue weighted by Gasteiger charge is -1.96. The minimum Gasteiger partial charge on any atom is -0.332 e. The predicted octanol–water partition coefficient (Wildman–Crippen LogP) is 2.64. The van der Waals surface area contributed by atoms with E-state index in [0.717, 1.165) is 6.42 Å². The first-order valence-electron chi connectivity index (χ1n) is 3.97. The monoisotopic (exact) mass is 164 g/mol. The van der Waals surface area contributed by atoms with Gasteiger partial charge in [0.2, 0.25) is 0 Å². The van der Waals surface area contributed by atoms with Crippen LogP contribution in [-0.2, 0) is 9.09 Å². The summed E-state index contributed by atoms with van der Waals surface area (Å²) < 4.78 is 14.6. The summed E-state index contributed by atoms with van der Waals surface area (Å²) in [7, 11) is -0.978. The molecule has 2 nitrogen and oxygen atoms in total. The molecule has 0 heterocycles. The topological polar surface area (TPSA) is 26.3 Å². The average Bonchev–Trinajstić information content (AvgIpc) is 1.97. The molecule has 0 bridgehead atoms. The first-order chi connectivity index (χ1) is 4.91. The third kappa shape index (κ3) is 8.19. The summed E-state index contributed by atoms with van der Waals surface area (Å²) in [5.74, 6) is 0. The van der Waals surface area contributed by atoms with Crippen molar-refractivity contribution in [3.63, 3.8) is 0 Å². The summed E-state index contributed by atoms with van der Waals surface area (Å²) in [5, 5.41) is 0. The molecular formula is C7H17O2P. The van der Waals surface area contributed by atoms with Gasteiger partial charge in [-0.25, -0.2) is 0 Å². The SMILES string of the molecule is CCCCCCCO[PH2]=O. The Hall–Kier alpha value is 0.190. The molecular weight excluding hydrogens is 147 g/mol. The maximum absolute atomic E-state index is 9.88. The summed E-state index contributed by atoms with van der Waals surface area (Å²) in [5.41, 5.74) is 0. The summed E-state index contributed by atoms with van der Waals surface area (Å²) in [6.07, 6.45) is 6.15. The molecule has 0 saturated carbocycles. The minimum atomic E-state index is -0.978. The fraction of sp³-hybridized carbons (Fsp3) is 1.00. The normalized spacial score (nSPS) is 11.3. The number of hydrogen-bond acceptors (Lipinski definition) is 2. The van der Waals surface area contributed by atoms with Crippen LogP contribution in [0.25, 0.3) is 0 Å². The molecule has 0 spiro atoms. The Bertz CT molecular complexity index is 76.0. The maximum atomic E-state index is 9.88. The predicted molar refractivity (Wildman–Crippen MR) is 45.1 cm³/mol. The van der Waals surface area contributed by atoms with Gasteiger partial charge in [-0.3, -0.25) is 4.57 Å². The van der Waals surface area contributed by atoms with Crippen LogP contribution in [0.3, 0.4) is 0 Å². The van der Waals surface area contributed by atoms with Gasteiger partial charge in [-0.15, -0.1) is 0 Å². The Morgan fingerprint density at radius 2 is 1.90 bits per heavy atom. The van der Waals surface area contributed by atoms with Crippen molar-refractivity contribution in [3.05, 3.63) is 0 Å². The molecule has 0 rings (SSSR count). The van der Waals surface area contributed by atoms with E-state index in [9.17, 15) is 4.57 Å². The molecule has 0 amide bonds. The van der Waals surface area contributed by atoms with Crippen LogP contribution in [0.2, 0.25) is 0 Å². The van der Waals surface area contributed by atoms with E-state index in [0.29, 0.717) is 6.61 Å². The van der Waals surface area contributed by atoms with Crippen LogP contribution in [0.4, 0.5) is 0 Å². The molecule has 62 valence electrons. The second-order valence-corrected chi connectivity index (χ2v) is 2.91. The number of unbranched alkanes of at least 4 members (excludes halogenated alkanes) is 4. The first-order valence-corrected chi connectivity index (χ1v) is 4.91. The van der Waals surface area contributed by atoms with Crippen molar-refractivity contribution < 1.29 is 9.09 Å². The Balaban J connectivity index is 2.70. The van der Waals surface area contributed by atoms with Crippen molar-refractivity contribution in [1.82, 2.24) is 0 Å². The van der Waals surface area contributed by atoms with E-state index < -0.39 is 8.69 Å². The molecule has 10 heavy (non-hydrogen) atoms. The van der Waals surface area contributed by atoms with Gasteiger partial charge in [0, 0.05) is 0 Å². The zero-order valence-corrected chi connectivity index (χ0v) is 7.79. The van der Waals surface area contributed by atoms with Gasteiger partial charge in [-0.2, -0.15) is 0 Å². The molecule has 0 aliphatic carbocycles. The van der Waals surface area contributed by atoms with E-state index >= 15 is 0 Å². The van der Waals surface area contributed by atoms with E-state index in [1.54, 1.807) is 0 Å². The number of hydrogen-bond donors (Lipinski definition) is 0. The van der Waals surface area contributed by atoms with Crippen LogP contribution in [-0.4, -0.2) is 6.61 Å². The van der Waals surface area contributed by atoms with Crippen molar-refractivity contribution in [2.75, 3.05) is 6.61 Å². The molecule has 3 heteroatoms. The van der Waals surface area contributed by atoms with Gasteiger partial charge in [-0.1, -0.05) is 32.6 Å². The van der Waals surface area contributed by atoms with Crippen LogP contribution in [0.5, 0.6) is 0 Å². The van der Waals surface area contributed by atoms with Crippen LogP contribution in [0, 0.1) is 0 Å². The van der Waals surface area contributed by atoms with Crippen LogP contribution < -0.4 is 0 Å². The lowest BCUT2D eigenvalue weighted by Crippen LogP contribution is -1.84. The highest BCUT2D eigenvalue weighted by molar-refractivity contribution is 7.17. The third-order valence-corrected chi connectivity index (χ3v) is 1.81. The fourth-order valence-corrected chi connectivity index (χ4v) is 1.10. The first kappa shape index (κ1) is 10.2. The molecule has 0 aliphatic heterocycles. The largest absolute Gasteiger partial charge is 0.332 e. The molecule has 0 aliphatic rings. The Labute approximate surface area is 64.2 Å². The van der Waals surface area contributed by atoms with Gasteiger partial charge < -0.3 is 4.52 Å². The van der Waals surface area contributed by atoms with Gasteiger partial charge in [0.1, 0.15) is 0 Å². The molecule has 0 N–H and O–H groups in total. The second kappa shape index (κ2) is 9.19. The molecule has 0 aromatic carbocycles. The zero-order valence-electron chi connectivity index (χ0n) is 6.64. The minimum absolute atomic E-state index is 0.683. The van der Waals surface area contributed by atoms with Crippen molar-refractivity contribution in [2.45, 2.75) is 39.0 Å². The van der Waals surface area contributed by atoms with Crippen LogP contribution in [0.1, 0.15) is 39.0 Å². The summed E-state index contributed by atoms with van der Waals surface area (Å²) in [6, 6.07) is 0. The smallest absolute Gasteiger partial charge is 0.179 e. The van der Waals surface area contributed by atoms with Gasteiger partial charge in [0.15, 0.2) is 8.69 Å². The van der Waals surface area contributed by atoms with E-state index in [1.165, 1.54) is 25.7 Å². The lowest BCUT2D eigenvalue weighted by atomic mass is 10.2. The maximum Gasteiger partial charge on any atom is 0.179 e. The van der Waals surface area contributed by atoms with Crippen LogP contribution in [0.15, 0.2) is 0 Å². The van der Waals surface area contributed by atoms with Gasteiger partial charge in [-0.05, 0) is 6.42 Å². The highest BCUT2D eigenvalue weighted by Crippen LogP contribution is 2.04. The quantitative estimate of drug-likeness (QED) is 0.427. The Morgan fingerprint density at radius 3 is 2.50 bits per heavy atom. The van der Waals surface area contributed by atoms with Crippen LogP contribution >= 0.6 is 8.69 Å². The third-order valence-electron chi connectivity index (χ3n) is 1.43. The highest BCUT2D eigenvalue weighted by atomic mass is 31.1. The highest BCUT2D eigenvalue weighted by Gasteiger charge is 1.87. The van der Waals surface area contributed by atoms with Gasteiger partial charge in [0.05, 0.1) is 6.61 Å². The molecule has 0 saturated heterocycles. The molecule has 1 atom stereocenters. The van der Waals surface area contributed by atoms with E-state index in [4.69, 9.17) is 4.52 Å². The second-order valence-electron chi connectivity index (χ2n) is 2.38. The van der Waals surface area contributed by atoms with E-state index in [2.05, 4.69) is 6.92 Å². The van der Waals surface area contributed by atoms with E-state index in [1.807, 2.05) is 0 Å². The summed E-state index contributed by atoms with van der Waals surface area (Å²) in [6.45, 7) is 2.88. The Morgan fingerprint density at radius 1 is 1.20 bits per heavy atom. The molecule has 0 aromatic heterocycles. The molecule has 0 aromatic rings.